The fraction of sp³-hybridized carbons (Fsp3) is 0.304. The van der Waals surface area contributed by atoms with Crippen LogP contribution in [0.25, 0.3) is 0 Å². The molecule has 1 N–H and O–H groups in total. The van der Waals surface area contributed by atoms with Gasteiger partial charge >= 0.3 is 0 Å². The zero-order chi connectivity index (χ0) is 23.4. The summed E-state index contributed by atoms with van der Waals surface area (Å²) < 4.78 is 11.0. The Morgan fingerprint density at radius 3 is 2.61 bits per heavy atom. The number of nitro benzene ring substituents is 1. The van der Waals surface area contributed by atoms with Gasteiger partial charge < -0.3 is 14.8 Å². The maximum atomic E-state index is 13.0. The van der Waals surface area contributed by atoms with Crippen LogP contribution in [0.4, 0.5) is 5.69 Å². The molecule has 0 aliphatic heterocycles. The molecule has 172 valence electrons. The molecule has 2 aromatic carbocycles. The molecule has 0 atom stereocenters. The van der Waals surface area contributed by atoms with E-state index in [0.717, 1.165) is 24.8 Å². The SMILES string of the molecule is COc1cc(C(=O)NCC2(c3ccc(Cl)cc3)CCC2)c([N+](=O)[O-])cc1OCc1cscn1. The van der Waals surface area contributed by atoms with E-state index in [2.05, 4.69) is 10.3 Å². The van der Waals surface area contributed by atoms with Crippen LogP contribution < -0.4 is 14.8 Å². The number of nitro groups is 1. The second kappa shape index (κ2) is 9.76. The number of thiazole rings is 1. The van der Waals surface area contributed by atoms with Crippen LogP contribution in [0.2, 0.25) is 5.02 Å². The van der Waals surface area contributed by atoms with Crippen LogP contribution in [-0.4, -0.2) is 29.5 Å². The van der Waals surface area contributed by atoms with Crippen molar-refractivity contribution in [3.8, 4) is 11.5 Å². The Hall–Kier alpha value is -3.17. The van der Waals surface area contributed by atoms with E-state index >= 15 is 0 Å². The van der Waals surface area contributed by atoms with Crippen LogP contribution in [0, 0.1) is 10.1 Å². The number of aromatic nitrogens is 1. The fourth-order valence-corrected chi connectivity index (χ4v) is 4.60. The lowest BCUT2D eigenvalue weighted by Gasteiger charge is -2.42. The van der Waals surface area contributed by atoms with Crippen molar-refractivity contribution >= 4 is 34.5 Å². The van der Waals surface area contributed by atoms with Gasteiger partial charge in [0.2, 0.25) is 0 Å². The molecule has 1 saturated carbocycles. The summed E-state index contributed by atoms with van der Waals surface area (Å²) in [5.41, 5.74) is 2.83. The Bertz CT molecular complexity index is 1150. The number of ether oxygens (including phenoxy) is 2. The number of nitrogens with one attached hydrogen (secondary N) is 1. The highest BCUT2D eigenvalue weighted by Crippen LogP contribution is 2.43. The van der Waals surface area contributed by atoms with Crippen molar-refractivity contribution in [2.24, 2.45) is 0 Å². The Labute approximate surface area is 199 Å². The van der Waals surface area contributed by atoms with Crippen LogP contribution >= 0.6 is 22.9 Å². The molecule has 1 aliphatic carbocycles. The molecule has 1 fully saturated rings. The first-order chi connectivity index (χ1) is 15.9. The third-order valence-electron chi connectivity index (χ3n) is 5.94. The molecule has 1 aliphatic rings. The van der Waals surface area contributed by atoms with Gasteiger partial charge in [-0.05, 0) is 30.5 Å². The molecule has 33 heavy (non-hydrogen) atoms. The van der Waals surface area contributed by atoms with Crippen molar-refractivity contribution in [1.82, 2.24) is 10.3 Å². The number of halogens is 1. The number of hydrogen-bond acceptors (Lipinski definition) is 7. The highest BCUT2D eigenvalue weighted by atomic mass is 35.5. The van der Waals surface area contributed by atoms with E-state index in [1.165, 1.54) is 30.6 Å². The van der Waals surface area contributed by atoms with Crippen molar-refractivity contribution in [1.29, 1.82) is 0 Å². The van der Waals surface area contributed by atoms with Gasteiger partial charge in [-0.1, -0.05) is 30.2 Å². The van der Waals surface area contributed by atoms with Gasteiger partial charge in [0.25, 0.3) is 11.6 Å². The van der Waals surface area contributed by atoms with Crippen molar-refractivity contribution < 1.29 is 19.2 Å². The number of carbonyl (C=O) groups excluding carboxylic acids is 1. The van der Waals surface area contributed by atoms with Crippen molar-refractivity contribution in [3.05, 3.63) is 79.2 Å². The number of amides is 1. The van der Waals surface area contributed by atoms with E-state index in [9.17, 15) is 14.9 Å². The Morgan fingerprint density at radius 1 is 1.27 bits per heavy atom. The molecule has 8 nitrogen and oxygen atoms in total. The molecule has 1 heterocycles. The van der Waals surface area contributed by atoms with E-state index < -0.39 is 10.8 Å². The summed E-state index contributed by atoms with van der Waals surface area (Å²) in [5, 5.41) is 17.1. The van der Waals surface area contributed by atoms with Gasteiger partial charge in [0.05, 0.1) is 29.3 Å². The third-order valence-corrected chi connectivity index (χ3v) is 6.82. The van der Waals surface area contributed by atoms with Gasteiger partial charge in [0.1, 0.15) is 12.2 Å². The van der Waals surface area contributed by atoms with Crippen LogP contribution in [0.1, 0.15) is 40.9 Å². The first-order valence-corrected chi connectivity index (χ1v) is 11.6. The maximum Gasteiger partial charge on any atom is 0.286 e. The van der Waals surface area contributed by atoms with Crippen LogP contribution in [0.15, 0.2) is 47.3 Å². The first-order valence-electron chi connectivity index (χ1n) is 10.3. The Kier molecular flexibility index (Phi) is 6.80. The zero-order valence-electron chi connectivity index (χ0n) is 17.9. The molecular formula is C23H22ClN3O5S. The highest BCUT2D eigenvalue weighted by molar-refractivity contribution is 7.07. The van der Waals surface area contributed by atoms with Crippen LogP contribution in [0.3, 0.4) is 0 Å². The summed E-state index contributed by atoms with van der Waals surface area (Å²) in [6.45, 7) is 0.501. The smallest absolute Gasteiger partial charge is 0.286 e. The Balaban J connectivity index is 1.54. The van der Waals surface area contributed by atoms with Gasteiger partial charge in [0.15, 0.2) is 11.5 Å². The molecule has 1 amide bonds. The predicted octanol–water partition coefficient (Wildman–Crippen LogP) is 5.14. The first kappa shape index (κ1) is 23.0. The number of nitrogens with zero attached hydrogens (tertiary/aromatic N) is 2. The molecule has 4 rings (SSSR count). The molecule has 1 aromatic heterocycles. The summed E-state index contributed by atoms with van der Waals surface area (Å²) in [4.78, 5) is 28.3. The normalized spacial score (nSPS) is 14.2. The molecule has 0 unspecified atom stereocenters. The molecule has 0 saturated heterocycles. The highest BCUT2D eigenvalue weighted by Gasteiger charge is 2.39. The molecule has 0 spiro atoms. The van der Waals surface area contributed by atoms with Gasteiger partial charge in [-0.2, -0.15) is 0 Å². The summed E-state index contributed by atoms with van der Waals surface area (Å²) in [6, 6.07) is 10.2. The zero-order valence-corrected chi connectivity index (χ0v) is 19.4. The number of rotatable bonds is 9. The van der Waals surface area contributed by atoms with E-state index in [-0.39, 0.29) is 34.8 Å². The van der Waals surface area contributed by atoms with Crippen LogP contribution in [0.5, 0.6) is 11.5 Å². The summed E-state index contributed by atoms with van der Waals surface area (Å²) in [7, 11) is 1.42. The summed E-state index contributed by atoms with van der Waals surface area (Å²) in [5.74, 6) is -0.131. The van der Waals surface area contributed by atoms with E-state index in [0.29, 0.717) is 17.3 Å². The standard InChI is InChI=1S/C23H22ClN3O5S/c1-31-20-9-18(19(27(29)30)10-21(20)32-11-17-12-33-14-26-17)22(28)25-13-23(7-2-8-23)15-3-5-16(24)6-4-15/h3-6,9-10,12,14H,2,7-8,11,13H2,1H3,(H,25,28). The molecule has 10 heteroatoms. The maximum absolute atomic E-state index is 13.0. The second-order valence-electron chi connectivity index (χ2n) is 7.87. The molecule has 0 radical (unpaired) electrons. The van der Waals surface area contributed by atoms with Gasteiger partial charge in [0, 0.05) is 28.4 Å². The predicted molar refractivity (Wildman–Crippen MR) is 125 cm³/mol. The number of carbonyl (C=O) groups is 1. The Morgan fingerprint density at radius 2 is 2.03 bits per heavy atom. The van der Waals surface area contributed by atoms with Crippen LogP contribution in [-0.2, 0) is 12.0 Å². The lowest BCUT2D eigenvalue weighted by Crippen LogP contribution is -2.45. The topological polar surface area (TPSA) is 104 Å². The molecule has 3 aromatic rings. The van der Waals surface area contributed by atoms with Crippen molar-refractivity contribution in [2.75, 3.05) is 13.7 Å². The quantitative estimate of drug-likeness (QED) is 0.331. The molecular weight excluding hydrogens is 466 g/mol. The monoisotopic (exact) mass is 487 g/mol. The fourth-order valence-electron chi connectivity index (χ4n) is 3.93. The van der Waals surface area contributed by atoms with Crippen molar-refractivity contribution in [2.45, 2.75) is 31.3 Å². The van der Waals surface area contributed by atoms with E-state index in [1.807, 2.05) is 29.6 Å². The average molecular weight is 488 g/mol. The van der Waals surface area contributed by atoms with Gasteiger partial charge in [-0.3, -0.25) is 14.9 Å². The minimum atomic E-state index is -0.595. The molecule has 0 bridgehead atoms. The average Bonchev–Trinajstić information content (AvgIpc) is 3.31. The lowest BCUT2D eigenvalue weighted by atomic mass is 9.64. The minimum absolute atomic E-state index is 0.0802. The largest absolute Gasteiger partial charge is 0.493 e. The second-order valence-corrected chi connectivity index (χ2v) is 9.02. The minimum Gasteiger partial charge on any atom is -0.493 e. The lowest BCUT2D eigenvalue weighted by molar-refractivity contribution is -0.385. The van der Waals surface area contributed by atoms with Gasteiger partial charge in [-0.15, -0.1) is 11.3 Å². The third kappa shape index (κ3) is 4.94. The summed E-state index contributed by atoms with van der Waals surface area (Å²) >= 11 is 7.43. The van der Waals surface area contributed by atoms with E-state index in [4.69, 9.17) is 21.1 Å². The van der Waals surface area contributed by atoms with Gasteiger partial charge in [-0.25, -0.2) is 4.98 Å². The number of hydrogen-bond donors (Lipinski definition) is 1. The van der Waals surface area contributed by atoms with E-state index in [1.54, 1.807) is 5.51 Å². The number of benzene rings is 2. The van der Waals surface area contributed by atoms with Crippen molar-refractivity contribution in [3.63, 3.8) is 0 Å². The number of methoxy groups -OCH3 is 1. The summed E-state index contributed by atoms with van der Waals surface area (Å²) in [6.07, 6.45) is 2.89.